The average molecular weight is 338 g/mol. The Labute approximate surface area is 139 Å². The van der Waals surface area contributed by atoms with E-state index in [0.29, 0.717) is 29.5 Å². The van der Waals surface area contributed by atoms with Crippen molar-refractivity contribution in [3.05, 3.63) is 33.9 Å². The summed E-state index contributed by atoms with van der Waals surface area (Å²) in [6, 6.07) is 1.94. The lowest BCUT2D eigenvalue weighted by molar-refractivity contribution is 0.0625. The highest BCUT2D eigenvalue weighted by molar-refractivity contribution is 6.33. The van der Waals surface area contributed by atoms with E-state index in [2.05, 4.69) is 15.2 Å². The minimum atomic E-state index is -0.0440. The minimum Gasteiger partial charge on any atom is -0.361 e. The zero-order chi connectivity index (χ0) is 16.6. The molecule has 3 heterocycles. The number of amides is 1. The number of nitrogens with zero attached hydrogens (tertiary/aromatic N) is 5. The van der Waals surface area contributed by atoms with Gasteiger partial charge < -0.3 is 9.42 Å². The number of halogens is 1. The van der Waals surface area contributed by atoms with Gasteiger partial charge in [0.15, 0.2) is 0 Å². The first-order valence-electron chi connectivity index (χ1n) is 7.58. The summed E-state index contributed by atoms with van der Waals surface area (Å²) in [6.07, 6.45) is 0. The van der Waals surface area contributed by atoms with Gasteiger partial charge in [0.1, 0.15) is 10.9 Å². The molecule has 0 aliphatic carbocycles. The fraction of sp³-hybridized carbons (Fsp3) is 0.533. The third-order valence-electron chi connectivity index (χ3n) is 4.09. The van der Waals surface area contributed by atoms with E-state index in [-0.39, 0.29) is 5.91 Å². The first-order valence-corrected chi connectivity index (χ1v) is 7.96. The summed E-state index contributed by atoms with van der Waals surface area (Å²) in [4.78, 5) is 16.8. The van der Waals surface area contributed by atoms with E-state index in [1.165, 1.54) is 4.68 Å². The van der Waals surface area contributed by atoms with Crippen molar-refractivity contribution in [3.63, 3.8) is 0 Å². The SMILES string of the molecule is Cc1cc(CN2CCN(C(=O)c3c(C)nn(C)c3Cl)CC2)no1. The van der Waals surface area contributed by atoms with E-state index in [9.17, 15) is 4.79 Å². The molecule has 124 valence electrons. The fourth-order valence-corrected chi connectivity index (χ4v) is 3.12. The van der Waals surface area contributed by atoms with Crippen LogP contribution in [0, 0.1) is 13.8 Å². The summed E-state index contributed by atoms with van der Waals surface area (Å²) in [6.45, 7) is 7.37. The highest BCUT2D eigenvalue weighted by Crippen LogP contribution is 2.21. The van der Waals surface area contributed by atoms with Crippen LogP contribution in [0.25, 0.3) is 0 Å². The first kappa shape index (κ1) is 16.0. The van der Waals surface area contributed by atoms with Gasteiger partial charge >= 0.3 is 0 Å². The Balaban J connectivity index is 1.61. The zero-order valence-electron chi connectivity index (χ0n) is 13.5. The van der Waals surface area contributed by atoms with E-state index in [4.69, 9.17) is 16.1 Å². The van der Waals surface area contributed by atoms with Crippen LogP contribution < -0.4 is 0 Å². The van der Waals surface area contributed by atoms with Crippen LogP contribution in [0.15, 0.2) is 10.6 Å². The molecule has 8 heteroatoms. The topological polar surface area (TPSA) is 67.4 Å². The first-order chi connectivity index (χ1) is 11.0. The highest BCUT2D eigenvalue weighted by atomic mass is 35.5. The van der Waals surface area contributed by atoms with Gasteiger partial charge in [-0.3, -0.25) is 14.4 Å². The molecular weight excluding hydrogens is 318 g/mol. The lowest BCUT2D eigenvalue weighted by Crippen LogP contribution is -2.48. The van der Waals surface area contributed by atoms with Crippen molar-refractivity contribution in [2.24, 2.45) is 7.05 Å². The van der Waals surface area contributed by atoms with Gasteiger partial charge in [0, 0.05) is 45.8 Å². The van der Waals surface area contributed by atoms with Crippen molar-refractivity contribution in [2.45, 2.75) is 20.4 Å². The third kappa shape index (κ3) is 3.25. The smallest absolute Gasteiger partial charge is 0.258 e. The van der Waals surface area contributed by atoms with Gasteiger partial charge in [-0.1, -0.05) is 16.8 Å². The molecule has 2 aromatic rings. The molecule has 0 bridgehead atoms. The number of aryl methyl sites for hydroxylation is 3. The third-order valence-corrected chi connectivity index (χ3v) is 4.52. The van der Waals surface area contributed by atoms with Gasteiger partial charge in [-0.15, -0.1) is 0 Å². The van der Waals surface area contributed by atoms with Crippen molar-refractivity contribution >= 4 is 17.5 Å². The van der Waals surface area contributed by atoms with Gasteiger partial charge in [-0.2, -0.15) is 5.10 Å². The number of piperazine rings is 1. The van der Waals surface area contributed by atoms with Gasteiger partial charge in [0.25, 0.3) is 5.91 Å². The molecular formula is C15H20ClN5O2. The molecule has 1 amide bonds. The average Bonchev–Trinajstić information content (AvgIpc) is 3.03. The highest BCUT2D eigenvalue weighted by Gasteiger charge is 2.27. The molecule has 23 heavy (non-hydrogen) atoms. The van der Waals surface area contributed by atoms with Crippen LogP contribution in [0.1, 0.15) is 27.5 Å². The molecule has 1 saturated heterocycles. The van der Waals surface area contributed by atoms with Crippen molar-refractivity contribution in [1.29, 1.82) is 0 Å². The molecule has 1 fully saturated rings. The van der Waals surface area contributed by atoms with Gasteiger partial charge in [0.05, 0.1) is 17.0 Å². The van der Waals surface area contributed by atoms with Crippen LogP contribution in [0.3, 0.4) is 0 Å². The Morgan fingerprint density at radius 2 is 2.00 bits per heavy atom. The molecule has 1 aliphatic rings. The maximum Gasteiger partial charge on any atom is 0.258 e. The van der Waals surface area contributed by atoms with Crippen LogP contribution in [0.5, 0.6) is 0 Å². The number of hydrogen-bond donors (Lipinski definition) is 0. The molecule has 0 atom stereocenters. The summed E-state index contributed by atoms with van der Waals surface area (Å²) in [5, 5.41) is 8.62. The number of rotatable bonds is 3. The normalized spacial score (nSPS) is 16.1. The monoisotopic (exact) mass is 337 g/mol. The van der Waals surface area contributed by atoms with Crippen LogP contribution in [0.2, 0.25) is 5.15 Å². The molecule has 0 saturated carbocycles. The summed E-state index contributed by atoms with van der Waals surface area (Å²) in [5.74, 6) is 0.771. The largest absolute Gasteiger partial charge is 0.361 e. The van der Waals surface area contributed by atoms with E-state index >= 15 is 0 Å². The second-order valence-electron chi connectivity index (χ2n) is 5.87. The predicted molar refractivity (Wildman–Crippen MR) is 85.4 cm³/mol. The Morgan fingerprint density at radius 1 is 1.30 bits per heavy atom. The van der Waals surface area contributed by atoms with E-state index in [1.54, 1.807) is 7.05 Å². The zero-order valence-corrected chi connectivity index (χ0v) is 14.3. The summed E-state index contributed by atoms with van der Waals surface area (Å²) >= 11 is 6.19. The van der Waals surface area contributed by atoms with Crippen LogP contribution in [-0.4, -0.2) is 56.8 Å². The standard InChI is InChI=1S/C15H20ClN5O2/c1-10-8-12(18-23-10)9-20-4-6-21(7-5-20)15(22)13-11(2)17-19(3)14(13)16/h8H,4-7,9H2,1-3H3. The molecule has 7 nitrogen and oxygen atoms in total. The second kappa shape index (κ2) is 6.33. The Morgan fingerprint density at radius 3 is 2.52 bits per heavy atom. The molecule has 3 rings (SSSR count). The Bertz CT molecular complexity index is 716. The molecule has 1 aliphatic heterocycles. The van der Waals surface area contributed by atoms with Gasteiger partial charge in [-0.05, 0) is 13.8 Å². The maximum absolute atomic E-state index is 12.7. The van der Waals surface area contributed by atoms with Crippen molar-refractivity contribution in [2.75, 3.05) is 26.2 Å². The number of carbonyl (C=O) groups is 1. The quantitative estimate of drug-likeness (QED) is 0.851. The number of aromatic nitrogens is 3. The van der Waals surface area contributed by atoms with Crippen molar-refractivity contribution < 1.29 is 9.32 Å². The van der Waals surface area contributed by atoms with Gasteiger partial charge in [-0.25, -0.2) is 0 Å². The van der Waals surface area contributed by atoms with Crippen LogP contribution in [0.4, 0.5) is 0 Å². The summed E-state index contributed by atoms with van der Waals surface area (Å²) in [5.41, 5.74) is 2.10. The lowest BCUT2D eigenvalue weighted by atomic mass is 10.2. The van der Waals surface area contributed by atoms with E-state index in [0.717, 1.165) is 31.1 Å². The molecule has 0 radical (unpaired) electrons. The molecule has 0 aromatic carbocycles. The molecule has 0 N–H and O–H groups in total. The lowest BCUT2D eigenvalue weighted by Gasteiger charge is -2.34. The number of carbonyl (C=O) groups excluding carboxylic acids is 1. The fourth-order valence-electron chi connectivity index (χ4n) is 2.86. The molecule has 0 spiro atoms. The summed E-state index contributed by atoms with van der Waals surface area (Å²) in [7, 11) is 1.74. The van der Waals surface area contributed by atoms with Crippen molar-refractivity contribution in [1.82, 2.24) is 24.7 Å². The van der Waals surface area contributed by atoms with E-state index < -0.39 is 0 Å². The molecule has 2 aromatic heterocycles. The van der Waals surface area contributed by atoms with Crippen molar-refractivity contribution in [3.8, 4) is 0 Å². The van der Waals surface area contributed by atoms with Crippen LogP contribution >= 0.6 is 11.6 Å². The van der Waals surface area contributed by atoms with Crippen LogP contribution in [-0.2, 0) is 13.6 Å². The Hall–Kier alpha value is -1.86. The van der Waals surface area contributed by atoms with E-state index in [1.807, 2.05) is 24.8 Å². The van der Waals surface area contributed by atoms with Gasteiger partial charge in [0.2, 0.25) is 0 Å². The Kier molecular flexibility index (Phi) is 4.41. The molecule has 0 unspecified atom stereocenters. The maximum atomic E-state index is 12.7. The predicted octanol–water partition coefficient (Wildman–Crippen LogP) is 1.64. The second-order valence-corrected chi connectivity index (χ2v) is 6.23. The minimum absolute atomic E-state index is 0.0440. The summed E-state index contributed by atoms with van der Waals surface area (Å²) < 4.78 is 6.62. The number of hydrogen-bond acceptors (Lipinski definition) is 5.